The second kappa shape index (κ2) is 11.5. The number of rotatable bonds is 10. The van der Waals surface area contributed by atoms with E-state index in [4.69, 9.17) is 4.74 Å². The average Bonchev–Trinajstić information content (AvgIpc) is 2.69. The van der Waals surface area contributed by atoms with E-state index in [0.29, 0.717) is 18.3 Å². The molecule has 0 spiro atoms. The zero-order valence-corrected chi connectivity index (χ0v) is 22.0. The molecule has 4 saturated carbocycles. The Kier molecular flexibility index (Phi) is 9.16. The summed E-state index contributed by atoms with van der Waals surface area (Å²) in [6, 6.07) is -0.325. The molecule has 0 heterocycles. The zero-order chi connectivity index (χ0) is 24.2. The maximum absolute atomic E-state index is 13.3. The van der Waals surface area contributed by atoms with Gasteiger partial charge >= 0.3 is 6.09 Å². The van der Waals surface area contributed by atoms with Gasteiger partial charge in [0.25, 0.3) is 0 Å². The summed E-state index contributed by atoms with van der Waals surface area (Å²) in [5.74, 6) is 3.72. The van der Waals surface area contributed by atoms with Gasteiger partial charge < -0.3 is 15.4 Å². The Labute approximate surface area is 204 Å². The van der Waals surface area contributed by atoms with E-state index in [0.717, 1.165) is 36.9 Å². The number of hydrogen-bond donors (Lipinski definition) is 2. The van der Waals surface area contributed by atoms with E-state index in [2.05, 4.69) is 10.6 Å². The van der Waals surface area contributed by atoms with E-state index in [1.165, 1.54) is 43.9 Å². The summed E-state index contributed by atoms with van der Waals surface area (Å²) in [5, 5.41) is 6.42. The zero-order valence-electron chi connectivity index (χ0n) is 21.2. The molecule has 4 fully saturated rings. The monoisotopic (exact) mass is 480 g/mol. The summed E-state index contributed by atoms with van der Waals surface area (Å²) in [6.07, 6.45) is 9.10. The Morgan fingerprint density at radius 3 is 2.09 bits per heavy atom. The Balaban J connectivity index is 1.50. The van der Waals surface area contributed by atoms with Gasteiger partial charge in [0.1, 0.15) is 11.6 Å². The van der Waals surface area contributed by atoms with Gasteiger partial charge in [0.15, 0.2) is 5.12 Å². The van der Waals surface area contributed by atoms with Crippen molar-refractivity contribution in [1.29, 1.82) is 0 Å². The number of carbonyl (C=O) groups excluding carboxylic acids is 3. The van der Waals surface area contributed by atoms with Gasteiger partial charge in [0.2, 0.25) is 5.91 Å². The molecular weight excluding hydrogens is 436 g/mol. The standard InChI is InChI=1S/C26H44N2O4S/c1-16(2)24(30)33-10-8-6-7-9-21(27-25(31)32-26(3,4)5)23(29)28-22-19-12-17-11-18(14-19)15-20(22)13-17/h16-22H,6-15H2,1-5H3,(H,27,31)(H,28,29)/t17?,18?,19?,20?,21-,22?/m0/s1. The minimum absolute atomic E-state index is 0.0614. The molecular formula is C26H44N2O4S. The lowest BCUT2D eigenvalue weighted by molar-refractivity contribution is -0.127. The van der Waals surface area contributed by atoms with Crippen LogP contribution >= 0.6 is 11.8 Å². The van der Waals surface area contributed by atoms with Gasteiger partial charge in [-0.1, -0.05) is 38.5 Å². The van der Waals surface area contributed by atoms with Gasteiger partial charge in [0, 0.05) is 17.7 Å². The smallest absolute Gasteiger partial charge is 0.408 e. The van der Waals surface area contributed by atoms with Gasteiger partial charge in [0.05, 0.1) is 0 Å². The average molecular weight is 481 g/mol. The minimum atomic E-state index is -0.604. The maximum atomic E-state index is 13.3. The lowest BCUT2D eigenvalue weighted by Crippen LogP contribution is -2.59. The van der Waals surface area contributed by atoms with E-state index in [1.54, 1.807) is 0 Å². The Morgan fingerprint density at radius 1 is 0.939 bits per heavy atom. The van der Waals surface area contributed by atoms with E-state index in [1.807, 2.05) is 34.6 Å². The molecule has 0 aliphatic heterocycles. The maximum Gasteiger partial charge on any atom is 0.408 e. The summed E-state index contributed by atoms with van der Waals surface area (Å²) in [7, 11) is 0. The summed E-state index contributed by atoms with van der Waals surface area (Å²) in [5.41, 5.74) is -0.604. The van der Waals surface area contributed by atoms with Crippen molar-refractivity contribution in [2.75, 3.05) is 5.75 Å². The lowest BCUT2D eigenvalue weighted by atomic mass is 9.54. The highest BCUT2D eigenvalue weighted by Gasteiger charge is 2.49. The second-order valence-corrected chi connectivity index (χ2v) is 12.9. The van der Waals surface area contributed by atoms with Crippen LogP contribution in [0.2, 0.25) is 0 Å². The van der Waals surface area contributed by atoms with Gasteiger partial charge in [-0.2, -0.15) is 0 Å². The Morgan fingerprint density at radius 2 is 1.55 bits per heavy atom. The SMILES string of the molecule is CC(C)C(=O)SCCCCC[C@H](NC(=O)OC(C)(C)C)C(=O)NC1C2CC3CC(C2)CC1C3. The summed E-state index contributed by atoms with van der Waals surface area (Å²) >= 11 is 1.40. The quantitative estimate of drug-likeness (QED) is 0.415. The molecule has 4 aliphatic carbocycles. The second-order valence-electron chi connectivity index (χ2n) is 11.8. The molecule has 0 unspecified atom stereocenters. The van der Waals surface area contributed by atoms with Crippen LogP contribution in [0.4, 0.5) is 4.79 Å². The molecule has 6 nitrogen and oxygen atoms in total. The van der Waals surface area contributed by atoms with E-state index >= 15 is 0 Å². The molecule has 1 atom stereocenters. The highest BCUT2D eigenvalue weighted by atomic mass is 32.2. The Hall–Kier alpha value is -1.24. The number of ether oxygens (including phenoxy) is 1. The van der Waals surface area contributed by atoms with Crippen LogP contribution in [-0.2, 0) is 14.3 Å². The van der Waals surface area contributed by atoms with Crippen LogP contribution in [0.5, 0.6) is 0 Å². The normalized spacial score (nSPS) is 29.1. The number of hydrogen-bond acceptors (Lipinski definition) is 5. The molecule has 0 radical (unpaired) electrons. The fourth-order valence-corrected chi connectivity index (χ4v) is 6.99. The number of amides is 2. The fourth-order valence-electron chi connectivity index (χ4n) is 6.11. The summed E-state index contributed by atoms with van der Waals surface area (Å²) in [4.78, 5) is 37.5. The number of thioether (sulfide) groups is 1. The number of unbranched alkanes of at least 4 members (excludes halogenated alkanes) is 2. The molecule has 0 aromatic rings. The largest absolute Gasteiger partial charge is 0.444 e. The van der Waals surface area contributed by atoms with E-state index in [9.17, 15) is 14.4 Å². The summed E-state index contributed by atoms with van der Waals surface area (Å²) < 4.78 is 5.43. The van der Waals surface area contributed by atoms with E-state index in [-0.39, 0.29) is 23.0 Å². The van der Waals surface area contributed by atoms with Crippen molar-refractivity contribution in [1.82, 2.24) is 10.6 Å². The highest BCUT2D eigenvalue weighted by molar-refractivity contribution is 8.13. The van der Waals surface area contributed by atoms with Crippen molar-refractivity contribution >= 4 is 28.9 Å². The first kappa shape index (κ1) is 26.4. The van der Waals surface area contributed by atoms with Crippen LogP contribution < -0.4 is 10.6 Å². The molecule has 4 bridgehead atoms. The molecule has 2 amide bonds. The van der Waals surface area contributed by atoms with Crippen LogP contribution in [0.3, 0.4) is 0 Å². The van der Waals surface area contributed by atoms with Crippen LogP contribution in [0.15, 0.2) is 0 Å². The Bertz CT molecular complexity index is 675. The first-order chi connectivity index (χ1) is 15.5. The van der Waals surface area contributed by atoms with Gasteiger partial charge in [-0.05, 0) is 89.4 Å². The molecule has 4 aliphatic rings. The topological polar surface area (TPSA) is 84.5 Å². The minimum Gasteiger partial charge on any atom is -0.444 e. The van der Waals surface area contributed by atoms with Crippen molar-refractivity contribution in [3.63, 3.8) is 0 Å². The van der Waals surface area contributed by atoms with Crippen LogP contribution in [-0.4, -0.2) is 40.6 Å². The molecule has 2 N–H and O–H groups in total. The third-order valence-corrected chi connectivity index (χ3v) is 8.64. The van der Waals surface area contributed by atoms with Gasteiger partial charge in [-0.15, -0.1) is 0 Å². The molecule has 4 rings (SSSR count). The lowest BCUT2D eigenvalue weighted by Gasteiger charge is -2.54. The predicted octanol–water partition coefficient (Wildman–Crippen LogP) is 5.30. The van der Waals surface area contributed by atoms with Crippen molar-refractivity contribution in [3.05, 3.63) is 0 Å². The molecule has 188 valence electrons. The third kappa shape index (κ3) is 7.90. The highest BCUT2D eigenvalue weighted by Crippen LogP contribution is 2.53. The number of carbonyl (C=O) groups is 3. The first-order valence-electron chi connectivity index (χ1n) is 13.0. The van der Waals surface area contributed by atoms with Crippen molar-refractivity contribution < 1.29 is 19.1 Å². The van der Waals surface area contributed by atoms with Crippen molar-refractivity contribution in [2.24, 2.45) is 29.6 Å². The number of alkyl carbamates (subject to hydrolysis) is 1. The van der Waals surface area contributed by atoms with Crippen molar-refractivity contribution in [3.8, 4) is 0 Å². The molecule has 0 aromatic carbocycles. The predicted molar refractivity (Wildman–Crippen MR) is 133 cm³/mol. The molecule has 7 heteroatoms. The number of nitrogens with one attached hydrogen (secondary N) is 2. The van der Waals surface area contributed by atoms with E-state index < -0.39 is 17.7 Å². The molecule has 0 saturated heterocycles. The van der Waals surface area contributed by atoms with Crippen molar-refractivity contribution in [2.45, 2.75) is 110 Å². The van der Waals surface area contributed by atoms with Crippen LogP contribution in [0.25, 0.3) is 0 Å². The van der Waals surface area contributed by atoms with Gasteiger partial charge in [-0.25, -0.2) is 4.79 Å². The first-order valence-corrected chi connectivity index (χ1v) is 14.0. The fraction of sp³-hybridized carbons (Fsp3) is 0.885. The summed E-state index contributed by atoms with van der Waals surface area (Å²) in [6.45, 7) is 9.32. The molecule has 33 heavy (non-hydrogen) atoms. The van der Waals surface area contributed by atoms with Crippen LogP contribution in [0, 0.1) is 29.6 Å². The van der Waals surface area contributed by atoms with Crippen LogP contribution in [0.1, 0.15) is 92.4 Å². The van der Waals surface area contributed by atoms with Gasteiger partial charge in [-0.3, -0.25) is 9.59 Å². The third-order valence-electron chi connectivity index (χ3n) is 7.40. The molecule has 0 aromatic heterocycles.